The van der Waals surface area contributed by atoms with Crippen molar-refractivity contribution in [3.63, 3.8) is 0 Å². The van der Waals surface area contributed by atoms with Gasteiger partial charge in [-0.1, -0.05) is 23.7 Å². The van der Waals surface area contributed by atoms with Gasteiger partial charge in [0.2, 0.25) is 0 Å². The molecule has 0 aromatic heterocycles. The summed E-state index contributed by atoms with van der Waals surface area (Å²) in [7, 11) is 1.40. The molecule has 0 bridgehead atoms. The normalized spacial score (nSPS) is 16.8. The van der Waals surface area contributed by atoms with E-state index < -0.39 is 40.8 Å². The van der Waals surface area contributed by atoms with Crippen LogP contribution in [0.25, 0.3) is 5.76 Å². The Morgan fingerprint density at radius 3 is 2.32 bits per heavy atom. The molecule has 1 fully saturated rings. The summed E-state index contributed by atoms with van der Waals surface area (Å²) in [6.07, 6.45) is 0. The molecule has 1 amide bonds. The Balaban J connectivity index is 1.94. The van der Waals surface area contributed by atoms with Crippen molar-refractivity contribution >= 4 is 40.4 Å². The number of aliphatic hydroxyl groups is 1. The fourth-order valence-electron chi connectivity index (χ4n) is 4.49. The van der Waals surface area contributed by atoms with Crippen LogP contribution in [0, 0.1) is 11.6 Å². The number of nitrogens with zero attached hydrogens (tertiary/aromatic N) is 2. The molecule has 1 heterocycles. The van der Waals surface area contributed by atoms with Gasteiger partial charge in [0.15, 0.2) is 0 Å². The lowest BCUT2D eigenvalue weighted by molar-refractivity contribution is -0.132. The second-order valence-corrected chi connectivity index (χ2v) is 8.79. The number of methoxy groups -OCH3 is 1. The molecule has 3 aromatic rings. The Kier molecular flexibility index (Phi) is 7.50. The summed E-state index contributed by atoms with van der Waals surface area (Å²) in [5.41, 5.74) is 0.830. The molecule has 37 heavy (non-hydrogen) atoms. The highest BCUT2D eigenvalue weighted by atomic mass is 35.5. The summed E-state index contributed by atoms with van der Waals surface area (Å²) in [4.78, 5) is 29.5. The topological polar surface area (TPSA) is 70.1 Å². The van der Waals surface area contributed by atoms with Crippen molar-refractivity contribution in [3.05, 3.63) is 94.0 Å². The lowest BCUT2D eigenvalue weighted by Crippen LogP contribution is -2.30. The predicted octanol–water partition coefficient (Wildman–Crippen LogP) is 6.10. The van der Waals surface area contributed by atoms with Crippen LogP contribution in [0.4, 0.5) is 20.2 Å². The van der Waals surface area contributed by atoms with Crippen molar-refractivity contribution < 1.29 is 28.2 Å². The standard InChI is InChI=1S/C28H25ClF2N2O4/c1-4-32(5-2)19-10-6-16(7-11-19)25-24(26(34)17-8-12-20(29)23(14-17)37-3)27(35)28(36)33(25)22-15-18(30)9-13-21(22)31/h6-15,25,34H,4-5H2,1-3H3/b26-24+. The molecular weight excluding hydrogens is 502 g/mol. The van der Waals surface area contributed by atoms with E-state index in [0.29, 0.717) is 5.56 Å². The first-order valence-electron chi connectivity index (χ1n) is 11.7. The van der Waals surface area contributed by atoms with E-state index in [1.54, 1.807) is 12.1 Å². The third kappa shape index (κ3) is 4.76. The van der Waals surface area contributed by atoms with Crippen LogP contribution in [-0.2, 0) is 9.59 Å². The molecule has 192 valence electrons. The van der Waals surface area contributed by atoms with Crippen molar-refractivity contribution in [2.45, 2.75) is 19.9 Å². The third-order valence-electron chi connectivity index (χ3n) is 6.37. The Morgan fingerprint density at radius 2 is 1.70 bits per heavy atom. The number of rotatable bonds is 7. The highest BCUT2D eigenvalue weighted by molar-refractivity contribution is 6.51. The zero-order valence-corrected chi connectivity index (χ0v) is 21.2. The first-order valence-corrected chi connectivity index (χ1v) is 12.0. The summed E-state index contributed by atoms with van der Waals surface area (Å²) < 4.78 is 34.2. The van der Waals surface area contributed by atoms with Crippen LogP contribution < -0.4 is 14.5 Å². The first-order chi connectivity index (χ1) is 17.7. The number of carbonyl (C=O) groups excluding carboxylic acids is 2. The van der Waals surface area contributed by atoms with Crippen molar-refractivity contribution in [2.75, 3.05) is 30.0 Å². The summed E-state index contributed by atoms with van der Waals surface area (Å²) in [6, 6.07) is 12.8. The van der Waals surface area contributed by atoms with E-state index in [2.05, 4.69) is 4.90 Å². The molecule has 1 aliphatic rings. The smallest absolute Gasteiger partial charge is 0.300 e. The molecule has 0 radical (unpaired) electrons. The monoisotopic (exact) mass is 526 g/mol. The number of amides is 1. The fourth-order valence-corrected chi connectivity index (χ4v) is 4.68. The average Bonchev–Trinajstić information content (AvgIpc) is 3.16. The van der Waals surface area contributed by atoms with Gasteiger partial charge in [0.25, 0.3) is 11.7 Å². The summed E-state index contributed by atoms with van der Waals surface area (Å²) in [5, 5.41) is 11.5. The molecule has 0 aliphatic carbocycles. The van der Waals surface area contributed by atoms with Gasteiger partial charge < -0.3 is 14.7 Å². The molecule has 4 rings (SSSR count). The molecular formula is C28H25ClF2N2O4. The molecule has 1 aliphatic heterocycles. The molecule has 1 N–H and O–H groups in total. The number of carbonyl (C=O) groups is 2. The Hall–Kier alpha value is -3.91. The number of halogens is 3. The van der Waals surface area contributed by atoms with Crippen LogP contribution in [0.15, 0.2) is 66.2 Å². The Labute approximate surface area is 218 Å². The van der Waals surface area contributed by atoms with E-state index in [9.17, 15) is 23.5 Å². The van der Waals surface area contributed by atoms with Crippen LogP contribution in [0.2, 0.25) is 5.02 Å². The van der Waals surface area contributed by atoms with Gasteiger partial charge in [-0.15, -0.1) is 0 Å². The van der Waals surface area contributed by atoms with E-state index >= 15 is 0 Å². The van der Waals surface area contributed by atoms with Crippen molar-refractivity contribution in [3.8, 4) is 5.75 Å². The number of benzene rings is 3. The molecule has 0 saturated carbocycles. The van der Waals surface area contributed by atoms with Crippen molar-refractivity contribution in [1.82, 2.24) is 0 Å². The number of ether oxygens (including phenoxy) is 1. The number of Topliss-reactive ketones (excluding diaryl/α,β-unsaturated/α-hetero) is 1. The van der Waals surface area contributed by atoms with Crippen molar-refractivity contribution in [1.29, 1.82) is 0 Å². The van der Waals surface area contributed by atoms with Gasteiger partial charge >= 0.3 is 0 Å². The Morgan fingerprint density at radius 1 is 1.03 bits per heavy atom. The molecule has 9 heteroatoms. The second-order valence-electron chi connectivity index (χ2n) is 8.38. The van der Waals surface area contributed by atoms with Crippen LogP contribution in [-0.4, -0.2) is 37.0 Å². The fraction of sp³-hybridized carbons (Fsp3) is 0.214. The minimum absolute atomic E-state index is 0.170. The van der Waals surface area contributed by atoms with E-state index in [4.69, 9.17) is 16.3 Å². The average molecular weight is 527 g/mol. The zero-order valence-electron chi connectivity index (χ0n) is 20.5. The molecule has 6 nitrogen and oxygen atoms in total. The highest BCUT2D eigenvalue weighted by Gasteiger charge is 2.48. The lowest BCUT2D eigenvalue weighted by atomic mass is 9.94. The Bertz CT molecular complexity index is 1390. The van der Waals surface area contributed by atoms with Crippen LogP contribution in [0.5, 0.6) is 5.75 Å². The van der Waals surface area contributed by atoms with Gasteiger partial charge in [-0.2, -0.15) is 0 Å². The zero-order chi connectivity index (χ0) is 26.9. The first kappa shape index (κ1) is 26.2. The molecule has 0 spiro atoms. The molecule has 1 saturated heterocycles. The van der Waals surface area contributed by atoms with E-state index in [0.717, 1.165) is 41.9 Å². The number of hydrogen-bond donors (Lipinski definition) is 1. The van der Waals surface area contributed by atoms with E-state index in [1.807, 2.05) is 26.0 Å². The third-order valence-corrected chi connectivity index (χ3v) is 6.69. The minimum Gasteiger partial charge on any atom is -0.507 e. The van der Waals surface area contributed by atoms with Crippen LogP contribution in [0.3, 0.4) is 0 Å². The highest BCUT2D eigenvalue weighted by Crippen LogP contribution is 2.44. The summed E-state index contributed by atoms with van der Waals surface area (Å²) in [6.45, 7) is 5.56. The molecule has 1 atom stereocenters. The number of ketones is 1. The summed E-state index contributed by atoms with van der Waals surface area (Å²) >= 11 is 6.10. The van der Waals surface area contributed by atoms with Crippen LogP contribution in [0.1, 0.15) is 31.0 Å². The number of hydrogen-bond acceptors (Lipinski definition) is 5. The second kappa shape index (κ2) is 10.6. The molecule has 3 aromatic carbocycles. The van der Waals surface area contributed by atoms with Crippen LogP contribution >= 0.6 is 11.6 Å². The maximum Gasteiger partial charge on any atom is 0.300 e. The van der Waals surface area contributed by atoms with E-state index in [-0.39, 0.29) is 21.9 Å². The minimum atomic E-state index is -1.22. The predicted molar refractivity (Wildman–Crippen MR) is 139 cm³/mol. The SMILES string of the molecule is CCN(CC)c1ccc(C2/C(=C(\O)c3ccc(Cl)c(OC)c3)C(=O)C(=O)N2c2cc(F)ccc2F)cc1. The maximum absolute atomic E-state index is 14.9. The largest absolute Gasteiger partial charge is 0.507 e. The quantitative estimate of drug-likeness (QED) is 0.229. The van der Waals surface area contributed by atoms with Gasteiger partial charge in [-0.3, -0.25) is 14.5 Å². The van der Waals surface area contributed by atoms with E-state index in [1.165, 1.54) is 25.3 Å². The summed E-state index contributed by atoms with van der Waals surface area (Å²) in [5.74, 6) is -4.04. The van der Waals surface area contributed by atoms with Gasteiger partial charge in [-0.05, 0) is 61.9 Å². The van der Waals surface area contributed by atoms with Crippen molar-refractivity contribution in [2.24, 2.45) is 0 Å². The van der Waals surface area contributed by atoms with Gasteiger partial charge in [-0.25, -0.2) is 8.78 Å². The number of anilines is 2. The maximum atomic E-state index is 14.9. The number of aliphatic hydroxyl groups excluding tert-OH is 1. The lowest BCUT2D eigenvalue weighted by Gasteiger charge is -2.27. The molecule has 1 unspecified atom stereocenters. The van der Waals surface area contributed by atoms with Gasteiger partial charge in [0, 0.05) is 30.4 Å². The van der Waals surface area contributed by atoms with Gasteiger partial charge in [0.05, 0.1) is 29.4 Å². The van der Waals surface area contributed by atoms with Gasteiger partial charge in [0.1, 0.15) is 23.1 Å².